The number of thiophene rings is 1. The number of rotatable bonds is 5. The van der Waals surface area contributed by atoms with E-state index in [9.17, 15) is 4.79 Å². The molecule has 2 rings (SSSR count). The second-order valence-corrected chi connectivity index (χ2v) is 6.03. The zero-order chi connectivity index (χ0) is 13.0. The summed E-state index contributed by atoms with van der Waals surface area (Å²) in [6.45, 7) is 2.28. The van der Waals surface area contributed by atoms with Gasteiger partial charge < -0.3 is 4.90 Å². The molecule has 0 fully saturated rings. The average Bonchev–Trinajstić information content (AvgIpc) is 2.97. The number of H-pyrrole nitrogens is 1. The number of aryl methyl sites for hydroxylation is 1. The highest BCUT2D eigenvalue weighted by molar-refractivity contribution is 8.01. The predicted molar refractivity (Wildman–Crippen MR) is 72.6 cm³/mol. The van der Waals surface area contributed by atoms with Crippen molar-refractivity contribution in [2.75, 3.05) is 12.8 Å². The number of carbonyl (C=O) groups excluding carboxylic acids is 1. The van der Waals surface area contributed by atoms with Gasteiger partial charge in [0.2, 0.25) is 5.91 Å². The summed E-state index contributed by atoms with van der Waals surface area (Å²) < 4.78 is 1.16. The third kappa shape index (κ3) is 3.58. The lowest BCUT2D eigenvalue weighted by molar-refractivity contribution is -0.127. The largest absolute Gasteiger partial charge is 0.337 e. The van der Waals surface area contributed by atoms with Gasteiger partial charge in [0, 0.05) is 7.05 Å². The van der Waals surface area contributed by atoms with Crippen LogP contribution in [0.5, 0.6) is 0 Å². The Labute approximate surface area is 114 Å². The van der Waals surface area contributed by atoms with Crippen LogP contribution in [0.4, 0.5) is 0 Å². The second-order valence-electron chi connectivity index (χ2n) is 3.81. The van der Waals surface area contributed by atoms with E-state index < -0.39 is 0 Å². The Hall–Kier alpha value is -1.34. The maximum Gasteiger partial charge on any atom is 0.233 e. The molecule has 0 bridgehead atoms. The molecule has 0 spiro atoms. The maximum absolute atomic E-state index is 11.9. The van der Waals surface area contributed by atoms with Gasteiger partial charge in [-0.25, -0.2) is 4.98 Å². The molecule has 0 saturated heterocycles. The van der Waals surface area contributed by atoms with Gasteiger partial charge in [-0.1, -0.05) is 6.07 Å². The van der Waals surface area contributed by atoms with E-state index in [1.54, 1.807) is 35.0 Å². The van der Waals surface area contributed by atoms with Gasteiger partial charge in [0.25, 0.3) is 0 Å². The average molecular weight is 282 g/mol. The van der Waals surface area contributed by atoms with Gasteiger partial charge in [-0.15, -0.1) is 23.1 Å². The molecule has 0 unspecified atom stereocenters. The first kappa shape index (κ1) is 13.1. The molecule has 0 saturated carbocycles. The van der Waals surface area contributed by atoms with Crippen LogP contribution in [0.3, 0.4) is 0 Å². The summed E-state index contributed by atoms with van der Waals surface area (Å²) >= 11 is 3.20. The van der Waals surface area contributed by atoms with Crippen LogP contribution < -0.4 is 0 Å². The summed E-state index contributed by atoms with van der Waals surface area (Å²) in [5.74, 6) is 1.93. The van der Waals surface area contributed by atoms with Crippen molar-refractivity contribution in [1.29, 1.82) is 0 Å². The summed E-state index contributed by atoms with van der Waals surface area (Å²) in [6.07, 6.45) is 0. The molecule has 1 amide bonds. The summed E-state index contributed by atoms with van der Waals surface area (Å²) in [4.78, 5) is 17.7. The Morgan fingerprint density at radius 3 is 3.06 bits per heavy atom. The standard InChI is InChI=1S/C11H14N4OS2/c1-8-12-9(14-13-8)6-15(2)10(16)7-18-11-4-3-5-17-11/h3-5H,6-7H2,1-2H3,(H,12,13,14). The minimum absolute atomic E-state index is 0.0795. The van der Waals surface area contributed by atoms with Crippen LogP contribution in [0.1, 0.15) is 11.6 Å². The highest BCUT2D eigenvalue weighted by atomic mass is 32.2. The lowest BCUT2D eigenvalue weighted by atomic mass is 10.5. The molecule has 18 heavy (non-hydrogen) atoms. The minimum atomic E-state index is 0.0795. The van der Waals surface area contributed by atoms with Crippen molar-refractivity contribution in [3.05, 3.63) is 29.2 Å². The number of aromatic nitrogens is 3. The number of hydrogen-bond acceptors (Lipinski definition) is 5. The lowest BCUT2D eigenvalue weighted by Gasteiger charge is -2.14. The molecule has 1 N–H and O–H groups in total. The number of carbonyl (C=O) groups is 1. The molecule has 5 nitrogen and oxygen atoms in total. The molecule has 0 aromatic carbocycles. The Morgan fingerprint density at radius 2 is 2.44 bits per heavy atom. The van der Waals surface area contributed by atoms with Crippen LogP contribution in [-0.2, 0) is 11.3 Å². The molecule has 0 aliphatic rings. The number of nitrogens with zero attached hydrogens (tertiary/aromatic N) is 3. The first-order valence-corrected chi connectivity index (χ1v) is 7.30. The van der Waals surface area contributed by atoms with Crippen molar-refractivity contribution in [3.63, 3.8) is 0 Å². The fourth-order valence-corrected chi connectivity index (χ4v) is 3.07. The molecule has 0 aliphatic heterocycles. The maximum atomic E-state index is 11.9. The SMILES string of the molecule is Cc1nc(CN(C)C(=O)CSc2cccs2)n[nH]1. The Balaban J connectivity index is 1.81. The fourth-order valence-electron chi connectivity index (χ4n) is 1.35. The van der Waals surface area contributed by atoms with E-state index in [4.69, 9.17) is 0 Å². The number of amides is 1. The minimum Gasteiger partial charge on any atom is -0.337 e. The molecule has 2 aromatic rings. The molecular weight excluding hydrogens is 268 g/mol. The van der Waals surface area contributed by atoms with E-state index in [-0.39, 0.29) is 5.91 Å². The highest BCUT2D eigenvalue weighted by Crippen LogP contribution is 2.23. The van der Waals surface area contributed by atoms with E-state index in [0.29, 0.717) is 18.1 Å². The van der Waals surface area contributed by atoms with Gasteiger partial charge >= 0.3 is 0 Å². The lowest BCUT2D eigenvalue weighted by Crippen LogP contribution is -2.28. The van der Waals surface area contributed by atoms with Crippen molar-refractivity contribution in [3.8, 4) is 0 Å². The molecule has 7 heteroatoms. The van der Waals surface area contributed by atoms with Gasteiger partial charge in [-0.2, -0.15) is 5.10 Å². The van der Waals surface area contributed by atoms with Crippen molar-refractivity contribution in [1.82, 2.24) is 20.1 Å². The van der Waals surface area contributed by atoms with E-state index in [1.165, 1.54) is 0 Å². The topological polar surface area (TPSA) is 61.9 Å². The summed E-state index contributed by atoms with van der Waals surface area (Å²) in [6, 6.07) is 4.00. The van der Waals surface area contributed by atoms with Crippen LogP contribution in [0, 0.1) is 6.92 Å². The first-order valence-electron chi connectivity index (χ1n) is 5.43. The third-order valence-corrected chi connectivity index (χ3v) is 4.40. The smallest absolute Gasteiger partial charge is 0.233 e. The van der Waals surface area contributed by atoms with Crippen LogP contribution in [0.2, 0.25) is 0 Å². The van der Waals surface area contributed by atoms with Gasteiger partial charge in [0.15, 0.2) is 5.82 Å². The number of hydrogen-bond donors (Lipinski definition) is 1. The van der Waals surface area contributed by atoms with E-state index in [1.807, 2.05) is 24.4 Å². The number of nitrogens with one attached hydrogen (secondary N) is 1. The van der Waals surface area contributed by atoms with Crippen LogP contribution in [0.15, 0.2) is 21.7 Å². The van der Waals surface area contributed by atoms with Crippen molar-refractivity contribution in [2.45, 2.75) is 17.7 Å². The molecule has 96 valence electrons. The van der Waals surface area contributed by atoms with Crippen LogP contribution in [0.25, 0.3) is 0 Å². The van der Waals surface area contributed by atoms with E-state index in [2.05, 4.69) is 15.2 Å². The molecular formula is C11H14N4OS2. The Kier molecular flexibility index (Phi) is 4.38. The fraction of sp³-hybridized carbons (Fsp3) is 0.364. The van der Waals surface area contributed by atoms with Gasteiger partial charge in [-0.05, 0) is 18.4 Å². The normalized spacial score (nSPS) is 10.6. The van der Waals surface area contributed by atoms with Gasteiger partial charge in [-0.3, -0.25) is 9.89 Å². The molecule has 0 atom stereocenters. The molecule has 0 aliphatic carbocycles. The van der Waals surface area contributed by atoms with Crippen LogP contribution >= 0.6 is 23.1 Å². The Morgan fingerprint density at radius 1 is 1.61 bits per heavy atom. The van der Waals surface area contributed by atoms with E-state index in [0.717, 1.165) is 10.0 Å². The predicted octanol–water partition coefficient (Wildman–Crippen LogP) is 1.93. The van der Waals surface area contributed by atoms with Crippen molar-refractivity contribution >= 4 is 29.0 Å². The summed E-state index contributed by atoms with van der Waals surface area (Å²) in [5, 5.41) is 8.78. The summed E-state index contributed by atoms with van der Waals surface area (Å²) in [5.41, 5.74) is 0. The highest BCUT2D eigenvalue weighted by Gasteiger charge is 2.12. The zero-order valence-corrected chi connectivity index (χ0v) is 11.8. The first-order chi connectivity index (χ1) is 8.65. The second kappa shape index (κ2) is 6.01. The molecule has 2 aromatic heterocycles. The monoisotopic (exact) mass is 282 g/mol. The number of aromatic amines is 1. The van der Waals surface area contributed by atoms with Gasteiger partial charge in [0.1, 0.15) is 5.82 Å². The summed E-state index contributed by atoms with van der Waals surface area (Å²) in [7, 11) is 1.77. The molecule has 0 radical (unpaired) electrons. The zero-order valence-electron chi connectivity index (χ0n) is 10.2. The van der Waals surface area contributed by atoms with Crippen molar-refractivity contribution in [2.24, 2.45) is 0 Å². The quantitative estimate of drug-likeness (QED) is 0.851. The van der Waals surface area contributed by atoms with E-state index >= 15 is 0 Å². The van der Waals surface area contributed by atoms with Gasteiger partial charge in [0.05, 0.1) is 16.5 Å². The Bertz CT molecular complexity index is 509. The van der Waals surface area contributed by atoms with Crippen molar-refractivity contribution < 1.29 is 4.79 Å². The molecule has 2 heterocycles. The van der Waals surface area contributed by atoms with Crippen LogP contribution in [-0.4, -0.2) is 38.8 Å². The third-order valence-electron chi connectivity index (χ3n) is 2.28. The number of thioether (sulfide) groups is 1.